The number of fused-ring (bicyclic) bond motifs is 1. The molecule has 0 aliphatic heterocycles. The lowest BCUT2D eigenvalue weighted by Gasteiger charge is -2.11. The molecule has 0 saturated carbocycles. The molecule has 0 saturated heterocycles. The number of hydrogen-bond donors (Lipinski definition) is 0. The van der Waals surface area contributed by atoms with E-state index in [9.17, 15) is 20.2 Å². The van der Waals surface area contributed by atoms with Gasteiger partial charge in [-0.15, -0.1) is 0 Å². The van der Waals surface area contributed by atoms with E-state index in [2.05, 4.69) is 32.1 Å². The van der Waals surface area contributed by atoms with E-state index in [1.54, 1.807) is 42.5 Å². The van der Waals surface area contributed by atoms with Gasteiger partial charge in [-0.25, -0.2) is 4.98 Å². The Bertz CT molecular complexity index is 1570. The molecule has 0 aliphatic rings. The average Bonchev–Trinajstić information content (AvgIpc) is 2.87. The van der Waals surface area contributed by atoms with Gasteiger partial charge >= 0.3 is 0 Å². The van der Waals surface area contributed by atoms with Crippen molar-refractivity contribution in [1.29, 1.82) is 5.26 Å². The smallest absolute Gasteiger partial charge is 0.282 e. The van der Waals surface area contributed by atoms with Crippen molar-refractivity contribution in [1.82, 2.24) is 9.66 Å². The van der Waals surface area contributed by atoms with Crippen molar-refractivity contribution in [2.45, 2.75) is 20.0 Å². The molecule has 0 radical (unpaired) electrons. The zero-order chi connectivity index (χ0) is 24.9. The maximum atomic E-state index is 13.1. The van der Waals surface area contributed by atoms with Crippen LogP contribution in [0.5, 0.6) is 5.75 Å². The number of nitro benzene ring substituents is 1. The zero-order valence-electron chi connectivity index (χ0n) is 18.5. The number of ether oxygens (including phenoxy) is 1. The Kier molecular flexibility index (Phi) is 6.98. The zero-order valence-corrected chi connectivity index (χ0v) is 20.1. The SMILES string of the molecule is CCc1nc2ccc(Br)cc2c(=O)n1N=Cc1cc([N+](=O)[O-])ccc1OCc1ccccc1C#N. The second-order valence-electron chi connectivity index (χ2n) is 7.44. The van der Waals surface area contributed by atoms with Crippen molar-refractivity contribution in [3.05, 3.63) is 108 Å². The molecule has 10 heteroatoms. The number of benzene rings is 3. The molecular weight excluding hydrogens is 514 g/mol. The maximum Gasteiger partial charge on any atom is 0.282 e. The second kappa shape index (κ2) is 10.3. The third-order valence-corrected chi connectivity index (χ3v) is 5.72. The molecular formula is C25H18BrN5O4. The van der Waals surface area contributed by atoms with E-state index in [0.717, 1.165) is 4.47 Å². The van der Waals surface area contributed by atoms with Crippen molar-refractivity contribution < 1.29 is 9.66 Å². The summed E-state index contributed by atoms with van der Waals surface area (Å²) >= 11 is 3.37. The number of hydrogen-bond acceptors (Lipinski definition) is 7. The monoisotopic (exact) mass is 531 g/mol. The van der Waals surface area contributed by atoms with Gasteiger partial charge in [0.2, 0.25) is 0 Å². The van der Waals surface area contributed by atoms with E-state index in [4.69, 9.17) is 4.74 Å². The average molecular weight is 532 g/mol. The van der Waals surface area contributed by atoms with Gasteiger partial charge < -0.3 is 4.74 Å². The Balaban J connectivity index is 1.76. The highest BCUT2D eigenvalue weighted by molar-refractivity contribution is 9.10. The summed E-state index contributed by atoms with van der Waals surface area (Å²) in [6.07, 6.45) is 1.78. The van der Waals surface area contributed by atoms with E-state index >= 15 is 0 Å². The van der Waals surface area contributed by atoms with E-state index in [0.29, 0.717) is 45.6 Å². The molecule has 0 aliphatic carbocycles. The molecule has 174 valence electrons. The van der Waals surface area contributed by atoms with Crippen LogP contribution in [-0.2, 0) is 13.0 Å². The van der Waals surface area contributed by atoms with Gasteiger partial charge in [-0.1, -0.05) is 41.1 Å². The van der Waals surface area contributed by atoms with Crippen LogP contribution in [0.1, 0.15) is 29.4 Å². The fraction of sp³-hybridized carbons (Fsp3) is 0.120. The molecule has 0 atom stereocenters. The molecule has 35 heavy (non-hydrogen) atoms. The summed E-state index contributed by atoms with van der Waals surface area (Å²) in [7, 11) is 0. The maximum absolute atomic E-state index is 13.1. The largest absolute Gasteiger partial charge is 0.488 e. The van der Waals surface area contributed by atoms with E-state index in [-0.39, 0.29) is 17.9 Å². The molecule has 0 fully saturated rings. The van der Waals surface area contributed by atoms with Crippen molar-refractivity contribution in [3.8, 4) is 11.8 Å². The summed E-state index contributed by atoms with van der Waals surface area (Å²) in [6, 6.07) is 18.4. The molecule has 0 unspecified atom stereocenters. The number of nitrogens with zero attached hydrogens (tertiary/aromatic N) is 5. The van der Waals surface area contributed by atoms with Crippen LogP contribution >= 0.6 is 15.9 Å². The highest BCUT2D eigenvalue weighted by Crippen LogP contribution is 2.24. The Morgan fingerprint density at radius 1 is 1.23 bits per heavy atom. The minimum Gasteiger partial charge on any atom is -0.488 e. The summed E-state index contributed by atoms with van der Waals surface area (Å²) in [5.74, 6) is 0.756. The molecule has 0 N–H and O–H groups in total. The molecule has 4 aromatic rings. The summed E-state index contributed by atoms with van der Waals surface area (Å²) in [5, 5.41) is 25.4. The van der Waals surface area contributed by atoms with E-state index < -0.39 is 4.92 Å². The lowest BCUT2D eigenvalue weighted by molar-refractivity contribution is -0.384. The first kappa shape index (κ1) is 23.8. The van der Waals surface area contributed by atoms with Crippen LogP contribution in [0.3, 0.4) is 0 Å². The number of aryl methyl sites for hydroxylation is 1. The summed E-state index contributed by atoms with van der Waals surface area (Å²) in [6.45, 7) is 1.93. The van der Waals surface area contributed by atoms with Crippen LogP contribution in [-0.4, -0.2) is 20.8 Å². The molecule has 1 heterocycles. The summed E-state index contributed by atoms with van der Waals surface area (Å²) in [5.41, 5.74) is 1.48. The van der Waals surface area contributed by atoms with E-state index in [1.165, 1.54) is 29.1 Å². The van der Waals surface area contributed by atoms with Crippen LogP contribution in [0.15, 0.2) is 75.0 Å². The quantitative estimate of drug-likeness (QED) is 0.188. The van der Waals surface area contributed by atoms with Gasteiger partial charge in [0.15, 0.2) is 0 Å². The Morgan fingerprint density at radius 3 is 2.77 bits per heavy atom. The van der Waals surface area contributed by atoms with Crippen molar-refractivity contribution in [3.63, 3.8) is 0 Å². The third-order valence-electron chi connectivity index (χ3n) is 5.23. The highest BCUT2D eigenvalue weighted by Gasteiger charge is 2.14. The van der Waals surface area contributed by atoms with Crippen LogP contribution in [0.4, 0.5) is 5.69 Å². The van der Waals surface area contributed by atoms with Crippen molar-refractivity contribution >= 4 is 38.7 Å². The summed E-state index contributed by atoms with van der Waals surface area (Å²) in [4.78, 5) is 28.5. The molecule has 0 spiro atoms. The normalized spacial score (nSPS) is 11.0. The van der Waals surface area contributed by atoms with Gasteiger partial charge in [-0.3, -0.25) is 14.9 Å². The first-order chi connectivity index (χ1) is 16.9. The Morgan fingerprint density at radius 2 is 2.03 bits per heavy atom. The fourth-order valence-corrected chi connectivity index (χ4v) is 3.82. The molecule has 9 nitrogen and oxygen atoms in total. The topological polar surface area (TPSA) is 123 Å². The first-order valence-corrected chi connectivity index (χ1v) is 11.4. The van der Waals surface area contributed by atoms with E-state index in [1.807, 2.05) is 6.92 Å². The van der Waals surface area contributed by atoms with Crippen LogP contribution < -0.4 is 10.3 Å². The molecule has 0 amide bonds. The predicted octanol–water partition coefficient (Wildman–Crippen LogP) is 4.96. The second-order valence-corrected chi connectivity index (χ2v) is 8.36. The van der Waals surface area contributed by atoms with Gasteiger partial charge in [0.25, 0.3) is 11.2 Å². The lowest BCUT2D eigenvalue weighted by atomic mass is 10.1. The molecule has 3 aromatic carbocycles. The minimum absolute atomic E-state index is 0.0775. The molecule has 1 aromatic heterocycles. The number of rotatable bonds is 7. The van der Waals surface area contributed by atoms with Crippen LogP contribution in [0.2, 0.25) is 0 Å². The number of nitriles is 1. The summed E-state index contributed by atoms with van der Waals surface area (Å²) < 4.78 is 7.80. The van der Waals surface area contributed by atoms with Gasteiger partial charge in [0, 0.05) is 34.2 Å². The number of nitro groups is 1. The Hall–Kier alpha value is -4.36. The fourth-order valence-electron chi connectivity index (χ4n) is 3.46. The van der Waals surface area contributed by atoms with Crippen LogP contribution in [0.25, 0.3) is 10.9 Å². The van der Waals surface area contributed by atoms with Gasteiger partial charge in [-0.05, 0) is 30.3 Å². The Labute approximate surface area is 208 Å². The number of halogens is 1. The van der Waals surface area contributed by atoms with Gasteiger partial charge in [0.05, 0.1) is 33.7 Å². The van der Waals surface area contributed by atoms with Crippen molar-refractivity contribution in [2.24, 2.45) is 5.10 Å². The first-order valence-electron chi connectivity index (χ1n) is 10.6. The van der Waals surface area contributed by atoms with Gasteiger partial charge in [-0.2, -0.15) is 15.0 Å². The minimum atomic E-state index is -0.523. The van der Waals surface area contributed by atoms with Crippen molar-refractivity contribution in [2.75, 3.05) is 0 Å². The highest BCUT2D eigenvalue weighted by atomic mass is 79.9. The number of non-ortho nitro benzene ring substituents is 1. The third kappa shape index (κ3) is 5.10. The standard InChI is InChI=1S/C25H18BrN5O4/c1-2-24-29-22-9-7-19(26)12-21(22)25(32)30(24)28-14-18-11-20(31(33)34)8-10-23(18)35-15-17-6-4-3-5-16(17)13-27/h3-12,14H,2,15H2,1H3. The lowest BCUT2D eigenvalue weighted by Crippen LogP contribution is -2.22. The number of aromatic nitrogens is 2. The predicted molar refractivity (Wildman–Crippen MR) is 135 cm³/mol. The van der Waals surface area contributed by atoms with Gasteiger partial charge in [0.1, 0.15) is 18.2 Å². The molecule has 4 rings (SSSR count). The molecule has 0 bridgehead atoms. The van der Waals surface area contributed by atoms with Crippen LogP contribution in [0, 0.1) is 21.4 Å².